The number of nitrogens with zero attached hydrogens (tertiary/aromatic N) is 3. The Balaban J connectivity index is 1.61. The first-order valence-electron chi connectivity index (χ1n) is 10.4. The molecule has 0 bridgehead atoms. The maximum Gasteiger partial charge on any atom is 0.181 e. The number of allylic oxidation sites excluding steroid dienone is 2. The summed E-state index contributed by atoms with van der Waals surface area (Å²) in [6.45, 7) is 5.81. The standard InChI is InChI=1S/C26H21FN6/c1-3-5-21(16-6-4-7-19(27)8-16)22-11-24(31-15(22)2)25-23-10-18(13-30-26(23)33-32-25)17-9-20(28)14-29-12-17/h3-14,31H,1,28H2,2H3,(H,30,32,33)/b21-5-. The van der Waals surface area contributed by atoms with E-state index in [1.54, 1.807) is 30.7 Å². The topological polar surface area (TPSA) is 96.3 Å². The third-order valence-corrected chi connectivity index (χ3v) is 5.50. The second kappa shape index (κ2) is 8.20. The van der Waals surface area contributed by atoms with E-state index in [4.69, 9.17) is 5.73 Å². The van der Waals surface area contributed by atoms with Gasteiger partial charge in [0.05, 0.1) is 17.1 Å². The Labute approximate surface area is 189 Å². The lowest BCUT2D eigenvalue weighted by Gasteiger charge is -2.07. The van der Waals surface area contributed by atoms with Gasteiger partial charge in [-0.1, -0.05) is 30.9 Å². The molecule has 0 amide bonds. The highest BCUT2D eigenvalue weighted by Crippen LogP contribution is 2.34. The van der Waals surface area contributed by atoms with E-state index < -0.39 is 0 Å². The minimum atomic E-state index is -0.287. The van der Waals surface area contributed by atoms with Gasteiger partial charge in [0.1, 0.15) is 5.82 Å². The fourth-order valence-corrected chi connectivity index (χ4v) is 3.97. The Hall–Kier alpha value is -4.52. The van der Waals surface area contributed by atoms with Crippen molar-refractivity contribution < 1.29 is 4.39 Å². The predicted molar refractivity (Wildman–Crippen MR) is 130 cm³/mol. The number of aromatic amines is 2. The quantitative estimate of drug-likeness (QED) is 0.310. The molecule has 0 aliphatic carbocycles. The zero-order valence-electron chi connectivity index (χ0n) is 17.9. The summed E-state index contributed by atoms with van der Waals surface area (Å²) in [4.78, 5) is 12.1. The van der Waals surface area contributed by atoms with Gasteiger partial charge in [0.25, 0.3) is 0 Å². The van der Waals surface area contributed by atoms with E-state index in [-0.39, 0.29) is 5.82 Å². The number of nitrogens with one attached hydrogen (secondary N) is 2. The fourth-order valence-electron chi connectivity index (χ4n) is 3.97. The molecule has 0 atom stereocenters. The zero-order chi connectivity index (χ0) is 22.9. The van der Waals surface area contributed by atoms with Crippen LogP contribution in [-0.4, -0.2) is 25.1 Å². The molecule has 0 unspecified atom stereocenters. The molecule has 4 N–H and O–H groups in total. The summed E-state index contributed by atoms with van der Waals surface area (Å²) in [6.07, 6.45) is 8.69. The van der Waals surface area contributed by atoms with Gasteiger partial charge in [-0.3, -0.25) is 10.1 Å². The second-order valence-electron chi connectivity index (χ2n) is 7.75. The molecule has 0 fully saturated rings. The smallest absolute Gasteiger partial charge is 0.181 e. The lowest BCUT2D eigenvalue weighted by atomic mass is 9.97. The molecule has 162 valence electrons. The van der Waals surface area contributed by atoms with Crippen molar-refractivity contribution in [2.45, 2.75) is 6.92 Å². The number of benzene rings is 1. The van der Waals surface area contributed by atoms with Crippen molar-refractivity contribution in [2.75, 3.05) is 5.73 Å². The number of rotatable bonds is 5. The predicted octanol–water partition coefficient (Wildman–Crippen LogP) is 5.66. The maximum atomic E-state index is 13.9. The monoisotopic (exact) mass is 436 g/mol. The summed E-state index contributed by atoms with van der Waals surface area (Å²) >= 11 is 0. The molecule has 7 heteroatoms. The number of aromatic nitrogens is 5. The molecule has 0 saturated carbocycles. The molecule has 4 aromatic heterocycles. The number of hydrogen-bond acceptors (Lipinski definition) is 4. The van der Waals surface area contributed by atoms with E-state index in [0.717, 1.165) is 50.3 Å². The Kier molecular flexibility index (Phi) is 5.06. The van der Waals surface area contributed by atoms with Crippen LogP contribution in [0.3, 0.4) is 0 Å². The summed E-state index contributed by atoms with van der Waals surface area (Å²) in [7, 11) is 0. The fraction of sp³-hybridized carbons (Fsp3) is 0.0385. The van der Waals surface area contributed by atoms with E-state index in [1.807, 2.05) is 37.3 Å². The molecule has 0 radical (unpaired) electrons. The van der Waals surface area contributed by atoms with Gasteiger partial charge >= 0.3 is 0 Å². The first-order chi connectivity index (χ1) is 16.0. The van der Waals surface area contributed by atoms with E-state index in [1.165, 1.54) is 12.1 Å². The third kappa shape index (κ3) is 3.80. The number of fused-ring (bicyclic) bond motifs is 1. The first-order valence-corrected chi connectivity index (χ1v) is 10.4. The molecule has 33 heavy (non-hydrogen) atoms. The van der Waals surface area contributed by atoms with Crippen molar-refractivity contribution in [1.82, 2.24) is 25.1 Å². The number of nitrogen functional groups attached to an aromatic ring is 1. The van der Waals surface area contributed by atoms with E-state index in [9.17, 15) is 4.39 Å². The highest BCUT2D eigenvalue weighted by molar-refractivity contribution is 5.94. The Morgan fingerprint density at radius 1 is 1.09 bits per heavy atom. The van der Waals surface area contributed by atoms with E-state index >= 15 is 0 Å². The molecule has 1 aromatic carbocycles. The molecule has 5 aromatic rings. The third-order valence-electron chi connectivity index (χ3n) is 5.50. The van der Waals surface area contributed by atoms with Crippen molar-refractivity contribution in [2.24, 2.45) is 0 Å². The second-order valence-corrected chi connectivity index (χ2v) is 7.75. The van der Waals surface area contributed by atoms with Crippen LogP contribution in [0, 0.1) is 12.7 Å². The van der Waals surface area contributed by atoms with Gasteiger partial charge in [-0.05, 0) is 48.4 Å². The molecule has 6 nitrogen and oxygen atoms in total. The average Bonchev–Trinajstić information content (AvgIpc) is 3.40. The normalized spacial score (nSPS) is 11.8. The van der Waals surface area contributed by atoms with Crippen molar-refractivity contribution in [3.63, 3.8) is 0 Å². The molecule has 0 aliphatic heterocycles. The van der Waals surface area contributed by atoms with Crippen molar-refractivity contribution in [3.05, 3.63) is 102 Å². The van der Waals surface area contributed by atoms with Crippen LogP contribution in [0.1, 0.15) is 16.8 Å². The maximum absolute atomic E-state index is 13.9. The van der Waals surface area contributed by atoms with Crippen molar-refractivity contribution >= 4 is 22.3 Å². The molecule has 0 saturated heterocycles. The summed E-state index contributed by atoms with van der Waals surface area (Å²) in [5, 5.41) is 8.32. The van der Waals surface area contributed by atoms with Crippen LogP contribution < -0.4 is 5.73 Å². The van der Waals surface area contributed by atoms with Crippen LogP contribution in [0.2, 0.25) is 0 Å². The molecule has 4 heterocycles. The zero-order valence-corrected chi connectivity index (χ0v) is 17.9. The van der Waals surface area contributed by atoms with Crippen LogP contribution in [0.5, 0.6) is 0 Å². The summed E-state index contributed by atoms with van der Waals surface area (Å²) < 4.78 is 13.9. The number of aryl methyl sites for hydroxylation is 1. The molecular weight excluding hydrogens is 415 g/mol. The molecule has 5 rings (SSSR count). The summed E-state index contributed by atoms with van der Waals surface area (Å²) in [6, 6.07) is 12.4. The van der Waals surface area contributed by atoms with Crippen molar-refractivity contribution in [1.29, 1.82) is 0 Å². The van der Waals surface area contributed by atoms with Crippen LogP contribution in [0.15, 0.2) is 79.8 Å². The number of H-pyrrole nitrogens is 2. The summed E-state index contributed by atoms with van der Waals surface area (Å²) in [5.41, 5.74) is 14.0. The molecule has 0 spiro atoms. The van der Waals surface area contributed by atoms with Crippen LogP contribution in [0.25, 0.3) is 39.1 Å². The van der Waals surface area contributed by atoms with Crippen molar-refractivity contribution in [3.8, 4) is 22.5 Å². The highest BCUT2D eigenvalue weighted by atomic mass is 19.1. The molecule has 0 aliphatic rings. The van der Waals surface area contributed by atoms with Crippen LogP contribution in [0.4, 0.5) is 10.1 Å². The minimum absolute atomic E-state index is 0.287. The summed E-state index contributed by atoms with van der Waals surface area (Å²) in [5.74, 6) is -0.287. The van der Waals surface area contributed by atoms with Gasteiger partial charge in [0.2, 0.25) is 0 Å². The number of pyridine rings is 2. The van der Waals surface area contributed by atoms with Gasteiger partial charge < -0.3 is 10.7 Å². The Morgan fingerprint density at radius 2 is 1.94 bits per heavy atom. The molecular formula is C26H21FN6. The van der Waals surface area contributed by atoms with E-state index in [0.29, 0.717) is 11.3 Å². The Morgan fingerprint density at radius 3 is 2.73 bits per heavy atom. The number of anilines is 1. The van der Waals surface area contributed by atoms with Gasteiger partial charge in [-0.25, -0.2) is 9.37 Å². The lowest BCUT2D eigenvalue weighted by molar-refractivity contribution is 0.627. The van der Waals surface area contributed by atoms with Crippen LogP contribution in [-0.2, 0) is 0 Å². The van der Waals surface area contributed by atoms with E-state index in [2.05, 4.69) is 31.7 Å². The minimum Gasteiger partial charge on any atom is -0.397 e. The van der Waals surface area contributed by atoms with Crippen LogP contribution >= 0.6 is 0 Å². The number of nitrogens with two attached hydrogens (primary N) is 1. The first kappa shape index (κ1) is 20.4. The number of halogens is 1. The lowest BCUT2D eigenvalue weighted by Crippen LogP contribution is -1.89. The highest BCUT2D eigenvalue weighted by Gasteiger charge is 2.17. The largest absolute Gasteiger partial charge is 0.397 e. The van der Waals surface area contributed by atoms with Gasteiger partial charge in [-0.2, -0.15) is 5.10 Å². The van der Waals surface area contributed by atoms with Gasteiger partial charge in [0, 0.05) is 46.4 Å². The van der Waals surface area contributed by atoms with Gasteiger partial charge in [0.15, 0.2) is 5.65 Å². The van der Waals surface area contributed by atoms with Gasteiger partial charge in [-0.15, -0.1) is 0 Å². The Bertz CT molecular complexity index is 1530. The SMILES string of the molecule is C=C/C=C(/c1cccc(F)c1)c1cc(-c2[nH]nc3ncc(-c4cncc(N)c4)cc23)[nH]c1C. The average molecular weight is 436 g/mol. The number of hydrogen-bond donors (Lipinski definition) is 3.